The first-order chi connectivity index (χ1) is 5.67. The van der Waals surface area contributed by atoms with Crippen LogP contribution in [0.2, 0.25) is 0 Å². The summed E-state index contributed by atoms with van der Waals surface area (Å²) in [4.78, 5) is 2.32. The van der Waals surface area contributed by atoms with Gasteiger partial charge in [-0.05, 0) is 0 Å². The summed E-state index contributed by atoms with van der Waals surface area (Å²) in [6.07, 6.45) is 0. The molecule has 12 heavy (non-hydrogen) atoms. The monoisotopic (exact) mass is 191 g/mol. The first-order valence-electron chi connectivity index (χ1n) is 4.28. The molecule has 4 nitrogen and oxygen atoms in total. The molecule has 2 saturated heterocycles. The average Bonchev–Trinajstić information content (AvgIpc) is 2.02. The molecule has 0 aromatic carbocycles. The Morgan fingerprint density at radius 1 is 1.33 bits per heavy atom. The number of nitrogens with zero attached hydrogens (tertiary/aromatic N) is 2. The van der Waals surface area contributed by atoms with E-state index in [0.717, 1.165) is 26.2 Å². The summed E-state index contributed by atoms with van der Waals surface area (Å²) in [5.41, 5.74) is 0. The van der Waals surface area contributed by atoms with Crippen molar-refractivity contribution in [3.63, 3.8) is 0 Å². The van der Waals surface area contributed by atoms with E-state index >= 15 is 0 Å². The predicted molar refractivity (Wildman–Crippen MR) is 49.8 cm³/mol. The van der Waals surface area contributed by atoms with Gasteiger partial charge in [-0.25, -0.2) is 5.32 Å². The van der Waals surface area contributed by atoms with Crippen LogP contribution in [0.1, 0.15) is 0 Å². The maximum Gasteiger partial charge on any atom is 0.0543 e. The average molecular weight is 191 g/mol. The van der Waals surface area contributed by atoms with Gasteiger partial charge in [0.1, 0.15) is 0 Å². The highest BCUT2D eigenvalue weighted by Crippen LogP contribution is 2.42. The second-order valence-corrected chi connectivity index (χ2v) is 5.84. The summed E-state index contributed by atoms with van der Waals surface area (Å²) in [6.45, 7) is 3.54. The first-order valence-corrected chi connectivity index (χ1v) is 6.17. The minimum atomic E-state index is -2.25. The van der Waals surface area contributed by atoms with Gasteiger partial charge in [-0.1, -0.05) is 0 Å². The van der Waals surface area contributed by atoms with E-state index in [2.05, 4.69) is 10.2 Å². The van der Waals surface area contributed by atoms with E-state index < -0.39 is 10.6 Å². The van der Waals surface area contributed by atoms with E-state index in [-0.39, 0.29) is 0 Å². The Hall–Kier alpha value is 0.190. The first kappa shape index (κ1) is 8.77. The molecule has 2 N–H and O–H groups in total. The molecule has 2 aliphatic heterocycles. The molecule has 0 saturated carbocycles. The highest BCUT2D eigenvalue weighted by Gasteiger charge is 2.32. The lowest BCUT2D eigenvalue weighted by Gasteiger charge is -2.47. The lowest BCUT2D eigenvalue weighted by atomic mass is 10.2. The normalized spacial score (nSPS) is 38.7. The van der Waals surface area contributed by atoms with Gasteiger partial charge in [0.15, 0.2) is 0 Å². The number of rotatable bonds is 0. The van der Waals surface area contributed by atoms with Crippen LogP contribution < -0.4 is 5.32 Å². The lowest BCUT2D eigenvalue weighted by Crippen LogP contribution is -2.55. The molecular weight excluding hydrogens is 176 g/mol. The molecule has 0 bridgehead atoms. The second kappa shape index (κ2) is 3.16. The number of hydrogen-bond donors (Lipinski definition) is 2. The molecule has 0 spiro atoms. The number of piperazine rings is 1. The van der Waals surface area contributed by atoms with Gasteiger partial charge in [-0.3, -0.25) is 14.0 Å². The summed E-state index contributed by atoms with van der Waals surface area (Å²) >= 11 is 0. The summed E-state index contributed by atoms with van der Waals surface area (Å²) < 4.78 is 19.0. The molecule has 0 aromatic heterocycles. The van der Waals surface area contributed by atoms with Gasteiger partial charge < -0.3 is 0 Å². The molecule has 0 amide bonds. The fourth-order valence-corrected chi connectivity index (χ4v) is 3.47. The SMILES string of the molecule is OS1(O)CCN2CC[N]CC2C1. The van der Waals surface area contributed by atoms with Crippen LogP contribution in [0.5, 0.6) is 0 Å². The predicted octanol–water partition coefficient (Wildman–Crippen LogP) is 0.0392. The largest absolute Gasteiger partial charge is 0.299 e. The van der Waals surface area contributed by atoms with Crippen LogP contribution in [0.15, 0.2) is 0 Å². The van der Waals surface area contributed by atoms with Crippen molar-refractivity contribution >= 4 is 10.6 Å². The Morgan fingerprint density at radius 3 is 3.00 bits per heavy atom. The van der Waals surface area contributed by atoms with Crippen LogP contribution in [0, 0.1) is 0 Å². The maximum atomic E-state index is 9.48. The lowest BCUT2D eigenvalue weighted by molar-refractivity contribution is 0.170. The Bertz CT molecular complexity index is 177. The second-order valence-electron chi connectivity index (χ2n) is 3.49. The van der Waals surface area contributed by atoms with Gasteiger partial charge in [0, 0.05) is 32.2 Å². The van der Waals surface area contributed by atoms with Crippen LogP contribution in [0.3, 0.4) is 0 Å². The van der Waals surface area contributed by atoms with Crippen LogP contribution in [-0.4, -0.2) is 57.7 Å². The van der Waals surface area contributed by atoms with E-state index in [1.807, 2.05) is 0 Å². The molecule has 2 aliphatic rings. The van der Waals surface area contributed by atoms with Crippen LogP contribution in [-0.2, 0) is 0 Å². The molecule has 0 aliphatic carbocycles. The smallest absolute Gasteiger partial charge is 0.0543 e. The highest BCUT2D eigenvalue weighted by atomic mass is 32.3. The van der Waals surface area contributed by atoms with Gasteiger partial charge in [-0.15, -0.1) is 0 Å². The van der Waals surface area contributed by atoms with E-state index in [4.69, 9.17) is 0 Å². The standard InChI is InChI=1S/C7H15N2O2S/c10-12(11)4-3-9-2-1-8-5-7(9)6-12/h7,10-11H,1-6H2. The molecule has 2 rings (SSSR count). The zero-order valence-corrected chi connectivity index (χ0v) is 7.83. The topological polar surface area (TPSA) is 57.8 Å². The zero-order chi connectivity index (χ0) is 8.60. The van der Waals surface area contributed by atoms with Crippen molar-refractivity contribution in [2.45, 2.75) is 6.04 Å². The number of fused-ring (bicyclic) bond motifs is 1. The molecule has 1 unspecified atom stereocenters. The van der Waals surface area contributed by atoms with Crippen LogP contribution in [0.4, 0.5) is 0 Å². The third-order valence-corrected chi connectivity index (χ3v) is 4.32. The van der Waals surface area contributed by atoms with Crippen molar-refractivity contribution in [3.8, 4) is 0 Å². The molecule has 71 valence electrons. The van der Waals surface area contributed by atoms with E-state index in [1.54, 1.807) is 0 Å². The van der Waals surface area contributed by atoms with Gasteiger partial charge in [0.25, 0.3) is 0 Å². The van der Waals surface area contributed by atoms with Crippen molar-refractivity contribution in [1.82, 2.24) is 10.2 Å². The third kappa shape index (κ3) is 1.75. The molecule has 0 aromatic rings. The third-order valence-electron chi connectivity index (χ3n) is 2.57. The fourth-order valence-electron chi connectivity index (χ4n) is 1.84. The highest BCUT2D eigenvalue weighted by molar-refractivity contribution is 8.24. The Morgan fingerprint density at radius 2 is 2.17 bits per heavy atom. The minimum absolute atomic E-state index is 0.303. The Labute approximate surface area is 74.3 Å². The zero-order valence-electron chi connectivity index (χ0n) is 7.02. The molecule has 5 heteroatoms. The van der Waals surface area contributed by atoms with Crippen molar-refractivity contribution in [3.05, 3.63) is 0 Å². The quantitative estimate of drug-likeness (QED) is 0.568. The van der Waals surface area contributed by atoms with E-state index in [9.17, 15) is 9.11 Å². The van der Waals surface area contributed by atoms with Gasteiger partial charge in [0.2, 0.25) is 0 Å². The van der Waals surface area contributed by atoms with Gasteiger partial charge in [-0.2, -0.15) is 10.6 Å². The Balaban J connectivity index is 1.99. The Kier molecular flexibility index (Phi) is 2.31. The maximum absolute atomic E-state index is 9.48. The minimum Gasteiger partial charge on any atom is -0.299 e. The summed E-state index contributed by atoms with van der Waals surface area (Å²) in [5.74, 6) is 1.10. The van der Waals surface area contributed by atoms with Crippen LogP contribution >= 0.6 is 10.6 Å². The summed E-state index contributed by atoms with van der Waals surface area (Å²) in [5, 5.41) is 4.28. The summed E-state index contributed by atoms with van der Waals surface area (Å²) in [7, 11) is -2.25. The van der Waals surface area contributed by atoms with Crippen molar-refractivity contribution in [1.29, 1.82) is 0 Å². The summed E-state index contributed by atoms with van der Waals surface area (Å²) in [6, 6.07) is 0.303. The van der Waals surface area contributed by atoms with Gasteiger partial charge in [0.05, 0.1) is 11.5 Å². The molecular formula is C7H15N2O2S. The van der Waals surface area contributed by atoms with Crippen LogP contribution in [0.25, 0.3) is 0 Å². The molecule has 2 heterocycles. The van der Waals surface area contributed by atoms with E-state index in [0.29, 0.717) is 17.5 Å². The molecule has 1 radical (unpaired) electrons. The fraction of sp³-hybridized carbons (Fsp3) is 1.00. The van der Waals surface area contributed by atoms with Crippen molar-refractivity contribution in [2.24, 2.45) is 0 Å². The van der Waals surface area contributed by atoms with Gasteiger partial charge >= 0.3 is 0 Å². The van der Waals surface area contributed by atoms with Crippen molar-refractivity contribution < 1.29 is 9.11 Å². The van der Waals surface area contributed by atoms with Crippen molar-refractivity contribution in [2.75, 3.05) is 37.7 Å². The molecule has 2 fully saturated rings. The number of hydrogen-bond acceptors (Lipinski definition) is 3. The molecule has 1 atom stereocenters. The van der Waals surface area contributed by atoms with E-state index in [1.165, 1.54) is 0 Å².